The van der Waals surface area contributed by atoms with Gasteiger partial charge in [-0.1, -0.05) is 0 Å². The number of nitrogens with one attached hydrogen (secondary N) is 2. The Morgan fingerprint density at radius 3 is 2.80 bits per heavy atom. The van der Waals surface area contributed by atoms with Gasteiger partial charge in [-0.2, -0.15) is 0 Å². The number of imidazole rings is 1. The molecule has 6 nitrogen and oxygen atoms in total. The van der Waals surface area contributed by atoms with Crippen LogP contribution in [0, 0.1) is 5.92 Å². The number of fused-ring (bicyclic) bond motifs is 1. The number of hydrogen-bond acceptors (Lipinski definition) is 5. The zero-order chi connectivity index (χ0) is 13.9. The summed E-state index contributed by atoms with van der Waals surface area (Å²) in [4.78, 5) is 18.5. The van der Waals surface area contributed by atoms with Gasteiger partial charge in [-0.05, 0) is 45.7 Å². The molecule has 2 aromatic rings. The van der Waals surface area contributed by atoms with E-state index in [1.807, 2.05) is 0 Å². The normalized spacial score (nSPS) is 16.9. The number of rotatable bonds is 4. The highest BCUT2D eigenvalue weighted by molar-refractivity contribution is 5.82. The molecule has 0 aromatic carbocycles. The van der Waals surface area contributed by atoms with Crippen molar-refractivity contribution in [3.63, 3.8) is 0 Å². The lowest BCUT2D eigenvalue weighted by atomic mass is 9.97. The van der Waals surface area contributed by atoms with E-state index in [1.54, 1.807) is 12.7 Å². The Hall–Kier alpha value is -1.69. The molecule has 3 rings (SSSR count). The maximum atomic E-state index is 4.49. The maximum Gasteiger partial charge on any atom is 0.182 e. The second-order valence-electron chi connectivity index (χ2n) is 5.74. The first-order valence-corrected chi connectivity index (χ1v) is 7.37. The summed E-state index contributed by atoms with van der Waals surface area (Å²) < 4.78 is 0. The van der Waals surface area contributed by atoms with Crippen molar-refractivity contribution < 1.29 is 0 Å². The summed E-state index contributed by atoms with van der Waals surface area (Å²) in [6.07, 6.45) is 5.77. The third-order valence-electron chi connectivity index (χ3n) is 4.01. The summed E-state index contributed by atoms with van der Waals surface area (Å²) in [5.74, 6) is 1.70. The summed E-state index contributed by atoms with van der Waals surface area (Å²) >= 11 is 0. The van der Waals surface area contributed by atoms with Crippen LogP contribution in [0.15, 0.2) is 12.7 Å². The van der Waals surface area contributed by atoms with E-state index in [-0.39, 0.29) is 0 Å². The third kappa shape index (κ3) is 2.60. The van der Waals surface area contributed by atoms with Crippen LogP contribution in [0.5, 0.6) is 0 Å². The van der Waals surface area contributed by atoms with Gasteiger partial charge in [0.15, 0.2) is 11.5 Å². The van der Waals surface area contributed by atoms with Crippen LogP contribution in [0.25, 0.3) is 11.2 Å². The lowest BCUT2D eigenvalue weighted by molar-refractivity contribution is 0.367. The molecule has 0 atom stereocenters. The Morgan fingerprint density at radius 2 is 2.05 bits per heavy atom. The summed E-state index contributed by atoms with van der Waals surface area (Å²) in [5, 5.41) is 3.42. The molecular formula is C14H22N6. The quantitative estimate of drug-likeness (QED) is 0.885. The molecule has 1 aliphatic heterocycles. The molecule has 20 heavy (non-hydrogen) atoms. The first-order valence-electron chi connectivity index (χ1n) is 7.37. The van der Waals surface area contributed by atoms with Gasteiger partial charge in [0.05, 0.1) is 6.33 Å². The molecule has 2 aromatic heterocycles. The molecule has 0 spiro atoms. The summed E-state index contributed by atoms with van der Waals surface area (Å²) in [6.45, 7) is 7.72. The molecule has 1 fully saturated rings. The third-order valence-corrected chi connectivity index (χ3v) is 4.01. The molecule has 0 aliphatic carbocycles. The molecule has 108 valence electrons. The van der Waals surface area contributed by atoms with Crippen molar-refractivity contribution in [2.24, 2.45) is 5.92 Å². The van der Waals surface area contributed by atoms with Crippen molar-refractivity contribution in [2.75, 3.05) is 24.5 Å². The molecule has 3 heterocycles. The smallest absolute Gasteiger partial charge is 0.182 e. The van der Waals surface area contributed by atoms with Crippen molar-refractivity contribution in [1.82, 2.24) is 25.3 Å². The number of H-pyrrole nitrogens is 1. The Balaban J connectivity index is 1.87. The lowest BCUT2D eigenvalue weighted by Gasteiger charge is -2.33. The van der Waals surface area contributed by atoms with Crippen LogP contribution in [0.3, 0.4) is 0 Å². The Morgan fingerprint density at radius 1 is 1.25 bits per heavy atom. The van der Waals surface area contributed by atoms with E-state index in [0.29, 0.717) is 6.04 Å². The second-order valence-corrected chi connectivity index (χ2v) is 5.74. The van der Waals surface area contributed by atoms with Crippen LogP contribution in [-0.2, 0) is 0 Å². The summed E-state index contributed by atoms with van der Waals surface area (Å²) in [7, 11) is 0. The summed E-state index contributed by atoms with van der Waals surface area (Å²) in [6, 6.07) is 0.409. The number of piperidine rings is 1. The number of anilines is 1. The fraction of sp³-hybridized carbons (Fsp3) is 0.643. The maximum absolute atomic E-state index is 4.49. The highest BCUT2D eigenvalue weighted by Gasteiger charge is 2.22. The van der Waals surface area contributed by atoms with Crippen LogP contribution in [-0.4, -0.2) is 45.6 Å². The predicted octanol–water partition coefficient (Wildman–Crippen LogP) is 1.57. The first kappa shape index (κ1) is 13.3. The van der Waals surface area contributed by atoms with Gasteiger partial charge >= 0.3 is 0 Å². The van der Waals surface area contributed by atoms with Crippen LogP contribution < -0.4 is 10.2 Å². The Bertz CT molecular complexity index is 558. The highest BCUT2D eigenvalue weighted by atomic mass is 15.2. The zero-order valence-corrected chi connectivity index (χ0v) is 12.1. The lowest BCUT2D eigenvalue weighted by Crippen LogP contribution is -2.40. The minimum Gasteiger partial charge on any atom is -0.352 e. The SMILES string of the molecule is CC(C)N(CC1CCNCC1)c1ncnc2nc[nH]c12. The predicted molar refractivity (Wildman–Crippen MR) is 79.8 cm³/mol. The van der Waals surface area contributed by atoms with Crippen LogP contribution >= 0.6 is 0 Å². The Labute approximate surface area is 119 Å². The topological polar surface area (TPSA) is 69.7 Å². The summed E-state index contributed by atoms with van der Waals surface area (Å²) in [5.41, 5.74) is 1.68. The molecule has 0 saturated carbocycles. The molecule has 6 heteroatoms. The average molecular weight is 274 g/mol. The first-order chi connectivity index (χ1) is 9.75. The number of nitrogens with zero attached hydrogens (tertiary/aromatic N) is 4. The molecule has 2 N–H and O–H groups in total. The molecular weight excluding hydrogens is 252 g/mol. The standard InChI is InChI=1S/C14H22N6/c1-10(2)20(7-11-3-5-15-6-4-11)14-12-13(17-8-16-12)18-9-19-14/h8-11,15H,3-7H2,1-2H3,(H,16,17,18,19). The van der Waals surface area contributed by atoms with Crippen molar-refractivity contribution in [2.45, 2.75) is 32.7 Å². The molecule has 0 unspecified atom stereocenters. The van der Waals surface area contributed by atoms with Gasteiger partial charge in [-0.3, -0.25) is 0 Å². The van der Waals surface area contributed by atoms with Gasteiger partial charge in [0, 0.05) is 12.6 Å². The average Bonchev–Trinajstić information content (AvgIpc) is 2.94. The number of aromatic amines is 1. The second kappa shape index (κ2) is 5.75. The van der Waals surface area contributed by atoms with Gasteiger partial charge in [-0.15, -0.1) is 0 Å². The van der Waals surface area contributed by atoms with Crippen molar-refractivity contribution in [1.29, 1.82) is 0 Å². The van der Waals surface area contributed by atoms with Gasteiger partial charge in [0.25, 0.3) is 0 Å². The molecule has 0 amide bonds. The van der Waals surface area contributed by atoms with Crippen LogP contribution in [0.4, 0.5) is 5.82 Å². The van der Waals surface area contributed by atoms with Crippen LogP contribution in [0.1, 0.15) is 26.7 Å². The largest absolute Gasteiger partial charge is 0.352 e. The van der Waals surface area contributed by atoms with Gasteiger partial charge in [0.1, 0.15) is 11.8 Å². The molecule has 1 aliphatic rings. The van der Waals surface area contributed by atoms with E-state index in [1.165, 1.54) is 12.8 Å². The van der Waals surface area contributed by atoms with E-state index in [2.05, 4.69) is 44.0 Å². The van der Waals surface area contributed by atoms with E-state index in [9.17, 15) is 0 Å². The van der Waals surface area contributed by atoms with Gasteiger partial charge in [-0.25, -0.2) is 15.0 Å². The minimum absolute atomic E-state index is 0.409. The highest BCUT2D eigenvalue weighted by Crippen LogP contribution is 2.24. The monoisotopic (exact) mass is 274 g/mol. The fourth-order valence-electron chi connectivity index (χ4n) is 2.85. The molecule has 0 radical (unpaired) electrons. The Kier molecular flexibility index (Phi) is 3.82. The van der Waals surface area contributed by atoms with Crippen LogP contribution in [0.2, 0.25) is 0 Å². The van der Waals surface area contributed by atoms with E-state index in [4.69, 9.17) is 0 Å². The van der Waals surface area contributed by atoms with Crippen molar-refractivity contribution >= 4 is 17.0 Å². The van der Waals surface area contributed by atoms with E-state index in [0.717, 1.165) is 42.5 Å². The molecule has 0 bridgehead atoms. The van der Waals surface area contributed by atoms with Gasteiger partial charge < -0.3 is 15.2 Å². The minimum atomic E-state index is 0.409. The molecule has 1 saturated heterocycles. The fourth-order valence-corrected chi connectivity index (χ4v) is 2.85. The van der Waals surface area contributed by atoms with E-state index < -0.39 is 0 Å². The number of hydrogen-bond donors (Lipinski definition) is 2. The van der Waals surface area contributed by atoms with E-state index >= 15 is 0 Å². The van der Waals surface area contributed by atoms with Crippen molar-refractivity contribution in [3.8, 4) is 0 Å². The number of aromatic nitrogens is 4. The van der Waals surface area contributed by atoms with Crippen molar-refractivity contribution in [3.05, 3.63) is 12.7 Å². The zero-order valence-electron chi connectivity index (χ0n) is 12.1. The van der Waals surface area contributed by atoms with Gasteiger partial charge in [0.2, 0.25) is 0 Å².